The van der Waals surface area contributed by atoms with Gasteiger partial charge in [-0.15, -0.1) is 0 Å². The van der Waals surface area contributed by atoms with Crippen LogP contribution in [0.3, 0.4) is 0 Å². The molecule has 0 saturated carbocycles. The first-order valence-corrected chi connectivity index (χ1v) is 12.2. The molecule has 0 unspecified atom stereocenters. The van der Waals surface area contributed by atoms with Crippen LogP contribution in [0.2, 0.25) is 0 Å². The molecule has 1 atom stereocenters. The van der Waals surface area contributed by atoms with E-state index in [2.05, 4.69) is 5.32 Å². The molecule has 9 heteroatoms. The van der Waals surface area contributed by atoms with Crippen molar-refractivity contribution in [2.75, 3.05) is 37.4 Å². The van der Waals surface area contributed by atoms with Crippen molar-refractivity contribution in [3.8, 4) is 11.3 Å². The first-order chi connectivity index (χ1) is 17.7. The summed E-state index contributed by atoms with van der Waals surface area (Å²) in [7, 11) is 3.92. The average Bonchev–Trinajstić information content (AvgIpc) is 3.28. The molecule has 0 spiro atoms. The average molecular weight is 508 g/mol. The fourth-order valence-electron chi connectivity index (χ4n) is 4.82. The third-order valence-corrected chi connectivity index (χ3v) is 6.75. The van der Waals surface area contributed by atoms with Crippen molar-refractivity contribution in [2.24, 2.45) is 0 Å². The molecule has 192 valence electrons. The predicted octanol–water partition coefficient (Wildman–Crippen LogP) is 6.50. The highest BCUT2D eigenvalue weighted by molar-refractivity contribution is 5.89. The van der Waals surface area contributed by atoms with Crippen LogP contribution in [0.5, 0.6) is 0 Å². The number of pyridine rings is 1. The Morgan fingerprint density at radius 1 is 1.05 bits per heavy atom. The maximum Gasteiger partial charge on any atom is 0.416 e. The third kappa shape index (κ3) is 5.12. The highest BCUT2D eigenvalue weighted by Crippen LogP contribution is 2.35. The lowest BCUT2D eigenvalue weighted by Gasteiger charge is -2.32. The van der Waals surface area contributed by atoms with E-state index >= 15 is 0 Å². The largest absolute Gasteiger partial charge is 0.416 e. The molecule has 1 saturated heterocycles. The Kier molecular flexibility index (Phi) is 6.54. The van der Waals surface area contributed by atoms with Gasteiger partial charge in [-0.1, -0.05) is 18.2 Å². The van der Waals surface area contributed by atoms with Gasteiger partial charge < -0.3 is 19.5 Å². The highest BCUT2D eigenvalue weighted by atomic mass is 19.4. The van der Waals surface area contributed by atoms with Crippen LogP contribution in [-0.4, -0.2) is 47.5 Å². The minimum absolute atomic E-state index is 0.0509. The van der Waals surface area contributed by atoms with Crippen molar-refractivity contribution in [2.45, 2.75) is 24.9 Å². The molecule has 2 aromatic heterocycles. The van der Waals surface area contributed by atoms with Crippen LogP contribution >= 0.6 is 0 Å². The fraction of sp³-hybridized carbons (Fsp3) is 0.286. The van der Waals surface area contributed by atoms with E-state index in [1.807, 2.05) is 72.1 Å². The summed E-state index contributed by atoms with van der Waals surface area (Å²) in [5, 5.41) is 2.97. The molecule has 0 bridgehead atoms. The first-order valence-electron chi connectivity index (χ1n) is 12.2. The smallest absolute Gasteiger partial charge is 0.378 e. The number of hydrogen-bond donors (Lipinski definition) is 1. The Balaban J connectivity index is 1.40. The van der Waals surface area contributed by atoms with Crippen LogP contribution in [0.15, 0.2) is 72.9 Å². The van der Waals surface area contributed by atoms with Gasteiger partial charge in [-0.3, -0.25) is 0 Å². The number of alkyl halides is 3. The number of piperidine rings is 1. The molecule has 5 rings (SSSR count). The van der Waals surface area contributed by atoms with Crippen LogP contribution in [0, 0.1) is 0 Å². The Morgan fingerprint density at radius 3 is 2.57 bits per heavy atom. The van der Waals surface area contributed by atoms with Gasteiger partial charge in [0.15, 0.2) is 0 Å². The predicted molar refractivity (Wildman–Crippen MR) is 139 cm³/mol. The quantitative estimate of drug-likeness (QED) is 0.343. The second-order valence-electron chi connectivity index (χ2n) is 9.51. The number of imidazole rings is 1. The summed E-state index contributed by atoms with van der Waals surface area (Å²) in [6.07, 6.45) is -0.922. The highest BCUT2D eigenvalue weighted by Gasteiger charge is 2.32. The van der Waals surface area contributed by atoms with E-state index in [1.54, 1.807) is 11.0 Å². The van der Waals surface area contributed by atoms with Crippen molar-refractivity contribution in [1.29, 1.82) is 0 Å². The number of aromatic nitrogens is 2. The van der Waals surface area contributed by atoms with Crippen LogP contribution in [0.25, 0.3) is 16.8 Å². The van der Waals surface area contributed by atoms with Gasteiger partial charge in [-0.25, -0.2) is 9.78 Å². The van der Waals surface area contributed by atoms with E-state index in [-0.39, 0.29) is 11.9 Å². The minimum atomic E-state index is -4.43. The van der Waals surface area contributed by atoms with E-state index in [1.165, 1.54) is 6.07 Å². The lowest BCUT2D eigenvalue weighted by molar-refractivity contribution is -0.137. The molecule has 37 heavy (non-hydrogen) atoms. The topological polar surface area (TPSA) is 52.9 Å². The number of nitrogens with one attached hydrogen (secondary N) is 1. The number of benzene rings is 2. The Labute approximate surface area is 213 Å². The van der Waals surface area contributed by atoms with E-state index in [0.29, 0.717) is 24.3 Å². The summed E-state index contributed by atoms with van der Waals surface area (Å²) in [4.78, 5) is 21.7. The summed E-state index contributed by atoms with van der Waals surface area (Å²) in [5.74, 6) is 0.695. The number of likely N-dealkylation sites (tertiary alicyclic amines) is 1. The molecule has 0 radical (unpaired) electrons. The van der Waals surface area contributed by atoms with Gasteiger partial charge in [0.05, 0.1) is 16.8 Å². The number of fused-ring (bicyclic) bond motifs is 1. The molecule has 4 aromatic rings. The number of hydrogen-bond acceptors (Lipinski definition) is 3. The van der Waals surface area contributed by atoms with Gasteiger partial charge in [0.2, 0.25) is 0 Å². The van der Waals surface area contributed by atoms with Crippen LogP contribution in [-0.2, 0) is 6.18 Å². The summed E-state index contributed by atoms with van der Waals surface area (Å²) in [6, 6.07) is 18.3. The van der Waals surface area contributed by atoms with Crippen molar-refractivity contribution in [1.82, 2.24) is 14.3 Å². The summed E-state index contributed by atoms with van der Waals surface area (Å²) >= 11 is 0. The number of halogens is 3. The lowest BCUT2D eigenvalue weighted by atomic mass is 9.97. The van der Waals surface area contributed by atoms with Crippen LogP contribution in [0.4, 0.5) is 29.3 Å². The van der Waals surface area contributed by atoms with Crippen molar-refractivity contribution >= 4 is 22.9 Å². The molecule has 6 nitrogen and oxygen atoms in total. The van der Waals surface area contributed by atoms with Gasteiger partial charge >= 0.3 is 12.2 Å². The number of carbonyl (C=O) groups is 1. The van der Waals surface area contributed by atoms with Crippen molar-refractivity contribution in [3.63, 3.8) is 0 Å². The molecular formula is C28H28F3N5O. The Hall–Kier alpha value is -4.01. The van der Waals surface area contributed by atoms with Gasteiger partial charge in [-0.05, 0) is 61.4 Å². The zero-order chi connectivity index (χ0) is 26.2. The van der Waals surface area contributed by atoms with E-state index < -0.39 is 11.7 Å². The van der Waals surface area contributed by atoms with Gasteiger partial charge in [0, 0.05) is 56.2 Å². The van der Waals surface area contributed by atoms with Gasteiger partial charge in [0.25, 0.3) is 0 Å². The van der Waals surface area contributed by atoms with E-state index in [0.717, 1.165) is 47.7 Å². The molecule has 1 N–H and O–H groups in total. The zero-order valence-corrected chi connectivity index (χ0v) is 20.7. The maximum absolute atomic E-state index is 13.4. The van der Waals surface area contributed by atoms with Gasteiger partial charge in [-0.2, -0.15) is 13.2 Å². The molecule has 1 fully saturated rings. The van der Waals surface area contributed by atoms with Gasteiger partial charge in [0.1, 0.15) is 5.82 Å². The number of rotatable bonds is 4. The summed E-state index contributed by atoms with van der Waals surface area (Å²) in [6.45, 7) is 1.10. The monoisotopic (exact) mass is 507 g/mol. The van der Waals surface area contributed by atoms with Crippen molar-refractivity contribution in [3.05, 3.63) is 84.3 Å². The molecule has 1 aliphatic rings. The fourth-order valence-corrected chi connectivity index (χ4v) is 4.82. The van der Waals surface area contributed by atoms with Crippen LogP contribution in [0.1, 0.15) is 30.1 Å². The molecule has 3 heterocycles. The second-order valence-corrected chi connectivity index (χ2v) is 9.51. The number of amides is 2. The van der Waals surface area contributed by atoms with Crippen LogP contribution < -0.4 is 10.2 Å². The number of nitrogens with zero attached hydrogens (tertiary/aromatic N) is 4. The normalized spacial score (nSPS) is 16.1. The molecule has 2 amide bonds. The SMILES string of the molecule is CN(C)c1ccc(NC(=O)N2CCC[C@@H](c3nc(-c4cccc(C(F)(F)F)c4)c4ccccn34)C2)cc1. The third-order valence-electron chi connectivity index (χ3n) is 6.75. The number of urea groups is 1. The standard InChI is InChI=1S/C28H28F3N5O/c1-34(2)23-13-11-22(12-14-23)32-27(37)35-15-6-8-20(18-35)26-33-25(24-10-3-4-16-36(24)26)19-7-5-9-21(17-19)28(29,30)31/h3-5,7,9-14,16-17,20H,6,8,15,18H2,1-2H3,(H,32,37)/t20-/m1/s1. The Bertz CT molecular complexity index is 1410. The molecule has 2 aromatic carbocycles. The van der Waals surface area contributed by atoms with E-state index in [4.69, 9.17) is 4.98 Å². The zero-order valence-electron chi connectivity index (χ0n) is 20.7. The minimum Gasteiger partial charge on any atom is -0.378 e. The second kappa shape index (κ2) is 9.80. The molecule has 1 aliphatic heterocycles. The number of carbonyl (C=O) groups excluding carboxylic acids is 1. The summed E-state index contributed by atoms with van der Waals surface area (Å²) < 4.78 is 42.0. The molecular weight excluding hydrogens is 479 g/mol. The summed E-state index contributed by atoms with van der Waals surface area (Å²) in [5.41, 5.74) is 2.71. The molecule has 0 aliphatic carbocycles. The number of anilines is 2. The van der Waals surface area contributed by atoms with E-state index in [9.17, 15) is 18.0 Å². The first kappa shape index (κ1) is 24.7. The Morgan fingerprint density at radius 2 is 1.84 bits per heavy atom. The maximum atomic E-state index is 13.4. The lowest BCUT2D eigenvalue weighted by Crippen LogP contribution is -2.42. The van der Waals surface area contributed by atoms with Crippen molar-refractivity contribution < 1.29 is 18.0 Å².